The number of nitrogens with zero attached hydrogens (tertiary/aromatic N) is 2. The van der Waals surface area contributed by atoms with Crippen LogP contribution in [0.2, 0.25) is 0 Å². The summed E-state index contributed by atoms with van der Waals surface area (Å²) in [6, 6.07) is 31.5. The molecule has 2 atom stereocenters. The fraction of sp³-hybridized carbons (Fsp3) is 0.419. The van der Waals surface area contributed by atoms with Crippen LogP contribution in [0.25, 0.3) is 11.0 Å². The molecule has 67 heavy (non-hydrogen) atoms. The van der Waals surface area contributed by atoms with Crippen molar-refractivity contribution in [1.82, 2.24) is 0 Å². The van der Waals surface area contributed by atoms with Crippen LogP contribution in [-0.4, -0.2) is 12.8 Å². The Kier molecular flexibility index (Phi) is 9.27. The van der Waals surface area contributed by atoms with E-state index in [0.717, 1.165) is 35.5 Å². The molecule has 344 valence electrons. The van der Waals surface area contributed by atoms with Crippen LogP contribution in [0.1, 0.15) is 168 Å². The molecule has 0 saturated heterocycles. The lowest BCUT2D eigenvalue weighted by atomic mass is 9.35. The second kappa shape index (κ2) is 14.1. The van der Waals surface area contributed by atoms with E-state index >= 15 is 0 Å². The number of furan rings is 1. The van der Waals surface area contributed by atoms with Gasteiger partial charge in [-0.25, -0.2) is 0 Å². The maximum Gasteiger partial charge on any atom is 0.297 e. The van der Waals surface area contributed by atoms with E-state index in [-0.39, 0.29) is 51.2 Å². The quantitative estimate of drug-likeness (QED) is 0.162. The van der Waals surface area contributed by atoms with Gasteiger partial charge in [0.25, 0.3) is 6.71 Å². The lowest BCUT2D eigenvalue weighted by Crippen LogP contribution is -2.61. The van der Waals surface area contributed by atoms with Crippen LogP contribution >= 0.6 is 0 Å². The molecule has 5 aromatic carbocycles. The molecule has 2 aliphatic carbocycles. The van der Waals surface area contributed by atoms with Gasteiger partial charge >= 0.3 is 0 Å². The van der Waals surface area contributed by atoms with Gasteiger partial charge in [-0.3, -0.25) is 0 Å². The fourth-order valence-electron chi connectivity index (χ4n) is 12.0. The molecule has 11 rings (SSSR count). The van der Waals surface area contributed by atoms with E-state index in [1.807, 2.05) is 0 Å². The van der Waals surface area contributed by atoms with Crippen LogP contribution in [0.15, 0.2) is 108 Å². The Morgan fingerprint density at radius 3 is 1.78 bits per heavy atom. The maximum atomic E-state index is 7.62. The smallest absolute Gasteiger partial charge is 0.297 e. The summed E-state index contributed by atoms with van der Waals surface area (Å²) in [5.41, 5.74) is 20.8. The van der Waals surface area contributed by atoms with Crippen molar-refractivity contribution >= 4 is 68.4 Å². The molecule has 6 aromatic rings. The molecule has 2 unspecified atom stereocenters. The number of hydrogen-bond acceptors (Lipinski definition) is 4. The zero-order valence-corrected chi connectivity index (χ0v) is 43.2. The monoisotopic (exact) mass is 887 g/mol. The Morgan fingerprint density at radius 1 is 0.567 bits per heavy atom. The van der Waals surface area contributed by atoms with Crippen molar-refractivity contribution in [3.8, 4) is 5.75 Å². The van der Waals surface area contributed by atoms with E-state index in [0.29, 0.717) is 0 Å². The largest absolute Gasteiger partial charge is 0.485 e. The minimum absolute atomic E-state index is 0.0194. The number of anilines is 6. The summed E-state index contributed by atoms with van der Waals surface area (Å²) >= 11 is 0. The van der Waals surface area contributed by atoms with E-state index in [4.69, 9.17) is 9.15 Å². The summed E-state index contributed by atoms with van der Waals surface area (Å²) < 4.78 is 14.7. The van der Waals surface area contributed by atoms with Gasteiger partial charge in [-0.1, -0.05) is 159 Å². The zero-order chi connectivity index (χ0) is 47.7. The molecule has 0 amide bonds. The molecule has 3 aliphatic heterocycles. The van der Waals surface area contributed by atoms with Crippen LogP contribution in [-0.2, 0) is 32.5 Å². The van der Waals surface area contributed by atoms with Crippen LogP contribution in [0.3, 0.4) is 0 Å². The fourth-order valence-corrected chi connectivity index (χ4v) is 12.0. The third kappa shape index (κ3) is 6.67. The van der Waals surface area contributed by atoms with Gasteiger partial charge in [-0.05, 0) is 144 Å². The summed E-state index contributed by atoms with van der Waals surface area (Å²) in [5.74, 6) is 1.12. The highest BCUT2D eigenvalue weighted by Gasteiger charge is 2.50. The maximum absolute atomic E-state index is 7.62. The predicted molar refractivity (Wildman–Crippen MR) is 286 cm³/mol. The number of ether oxygens (including phenoxy) is 1. The molecular formula is C62H71BN2O2. The van der Waals surface area contributed by atoms with Crippen molar-refractivity contribution in [2.75, 3.05) is 9.80 Å². The summed E-state index contributed by atoms with van der Waals surface area (Å²) in [7, 11) is 0. The van der Waals surface area contributed by atoms with Gasteiger partial charge in [0.15, 0.2) is 0 Å². The SMILES string of the molecule is CC(C)(C)c1ccc(N2c3cc(C(C)(C)C)cc4c3B(c3cc(C(C)(C)C)ccc3N4c3ccc(C(C)(C)C)c4c3C3C=CC=CC3O4)c3oc4cc5c(cc4c32)C(C)(C)CCC5(C)C)cc1. The van der Waals surface area contributed by atoms with Gasteiger partial charge in [0.05, 0.1) is 17.0 Å². The highest BCUT2D eigenvalue weighted by Crippen LogP contribution is 2.56. The van der Waals surface area contributed by atoms with E-state index < -0.39 is 0 Å². The molecule has 0 bridgehead atoms. The van der Waals surface area contributed by atoms with E-state index in [1.165, 1.54) is 83.7 Å². The van der Waals surface area contributed by atoms with Crippen molar-refractivity contribution in [2.45, 2.75) is 168 Å². The Morgan fingerprint density at radius 2 is 1.15 bits per heavy atom. The Labute approximate surface area is 401 Å². The molecular weight excluding hydrogens is 816 g/mol. The third-order valence-corrected chi connectivity index (χ3v) is 16.3. The molecule has 1 aromatic heterocycles. The van der Waals surface area contributed by atoms with Crippen LogP contribution in [0.5, 0.6) is 5.75 Å². The van der Waals surface area contributed by atoms with Crippen molar-refractivity contribution in [3.63, 3.8) is 0 Å². The van der Waals surface area contributed by atoms with Crippen LogP contribution < -0.4 is 31.1 Å². The number of rotatable bonds is 2. The molecule has 0 radical (unpaired) electrons. The first-order valence-electron chi connectivity index (χ1n) is 25.1. The summed E-state index contributed by atoms with van der Waals surface area (Å²) in [5, 5.41) is 1.19. The van der Waals surface area contributed by atoms with Crippen LogP contribution in [0.4, 0.5) is 34.1 Å². The molecule has 4 nitrogen and oxygen atoms in total. The van der Waals surface area contributed by atoms with Crippen molar-refractivity contribution in [1.29, 1.82) is 0 Å². The van der Waals surface area contributed by atoms with E-state index in [2.05, 4.69) is 224 Å². The molecule has 5 aliphatic rings. The minimum Gasteiger partial charge on any atom is -0.485 e. The first-order chi connectivity index (χ1) is 31.2. The Bertz CT molecular complexity index is 3110. The lowest BCUT2D eigenvalue weighted by Gasteiger charge is -2.44. The van der Waals surface area contributed by atoms with Gasteiger partial charge in [0, 0.05) is 39.6 Å². The molecule has 0 N–H and O–H groups in total. The minimum atomic E-state index is -0.151. The summed E-state index contributed by atoms with van der Waals surface area (Å²) in [6.45, 7) is 37.5. The van der Waals surface area contributed by atoms with Crippen molar-refractivity contribution in [3.05, 3.63) is 142 Å². The van der Waals surface area contributed by atoms with Gasteiger partial charge in [-0.2, -0.15) is 0 Å². The summed E-state index contributed by atoms with van der Waals surface area (Å²) in [6.07, 6.45) is 11.2. The first-order valence-corrected chi connectivity index (χ1v) is 25.1. The van der Waals surface area contributed by atoms with E-state index in [9.17, 15) is 0 Å². The second-order valence-electron chi connectivity index (χ2n) is 26.1. The topological polar surface area (TPSA) is 28.9 Å². The average Bonchev–Trinajstić information content (AvgIpc) is 3.82. The zero-order valence-electron chi connectivity index (χ0n) is 43.2. The van der Waals surface area contributed by atoms with Gasteiger partial charge in [-0.15, -0.1) is 0 Å². The van der Waals surface area contributed by atoms with E-state index in [1.54, 1.807) is 0 Å². The van der Waals surface area contributed by atoms with Gasteiger partial charge in [0.2, 0.25) is 0 Å². The lowest BCUT2D eigenvalue weighted by molar-refractivity contribution is 0.263. The Balaban J connectivity index is 1.29. The van der Waals surface area contributed by atoms with Crippen molar-refractivity contribution < 1.29 is 9.15 Å². The molecule has 5 heteroatoms. The molecule has 0 saturated carbocycles. The number of allylic oxidation sites excluding steroid dienone is 2. The second-order valence-corrected chi connectivity index (χ2v) is 26.1. The highest BCUT2D eigenvalue weighted by molar-refractivity contribution is 7.00. The molecule has 0 fully saturated rings. The Hall–Kier alpha value is -5.42. The average molecular weight is 887 g/mol. The number of hydrogen-bond donors (Lipinski definition) is 0. The third-order valence-electron chi connectivity index (χ3n) is 16.3. The number of fused-ring (bicyclic) bond motifs is 10. The highest BCUT2D eigenvalue weighted by atomic mass is 16.5. The molecule has 0 spiro atoms. The first kappa shape index (κ1) is 44.1. The van der Waals surface area contributed by atoms with Crippen molar-refractivity contribution in [2.24, 2.45) is 0 Å². The van der Waals surface area contributed by atoms with Gasteiger partial charge < -0.3 is 19.0 Å². The summed E-state index contributed by atoms with van der Waals surface area (Å²) in [4.78, 5) is 5.21. The predicted octanol–water partition coefficient (Wildman–Crippen LogP) is 15.0. The standard InChI is InChI=1S/C62H71BN2O2/c1-57(2,3)36-21-24-39(25-22-36)64-48-32-38(59(7,8)9)33-49-53(48)63(56-54(64)41-34-43-44(35-51(41)67-56)62(15,16)30-29-61(43,13)14)45-31-37(58(4,5)6)23-27-46(45)65(49)47-28-26-42(60(10,11)12)55-52(47)40-19-17-18-20-50(40)66-55/h17-28,31-35,40,50H,29-30H2,1-16H3. The normalized spacial score (nSPS) is 20.0. The van der Waals surface area contributed by atoms with Gasteiger partial charge in [0.1, 0.15) is 17.4 Å². The van der Waals surface area contributed by atoms with Crippen LogP contribution in [0, 0.1) is 0 Å². The molecule has 4 heterocycles. The number of benzene rings is 5.